The second-order valence-corrected chi connectivity index (χ2v) is 6.73. The number of carbonyl (C=O) groups is 1. The summed E-state index contributed by atoms with van der Waals surface area (Å²) in [5.74, 6) is 0.812. The van der Waals surface area contributed by atoms with Crippen molar-refractivity contribution < 1.29 is 14.3 Å². The van der Waals surface area contributed by atoms with Gasteiger partial charge in [-0.2, -0.15) is 5.10 Å². The molecule has 1 aliphatic heterocycles. The second kappa shape index (κ2) is 6.16. The van der Waals surface area contributed by atoms with E-state index in [-0.39, 0.29) is 12.7 Å². The van der Waals surface area contributed by atoms with Crippen LogP contribution in [0.25, 0.3) is 0 Å². The predicted octanol–water partition coefficient (Wildman–Crippen LogP) is 3.94. The molecule has 0 atom stereocenters. The molecule has 0 unspecified atom stereocenters. The molecule has 0 bridgehead atoms. The Morgan fingerprint density at radius 1 is 1.27 bits per heavy atom. The number of thiophene rings is 1. The van der Waals surface area contributed by atoms with Crippen LogP contribution in [0.3, 0.4) is 0 Å². The highest BCUT2D eigenvalue weighted by atomic mass is 35.5. The molecule has 0 fully saturated rings. The quantitative estimate of drug-likeness (QED) is 0.669. The molecule has 0 aliphatic carbocycles. The van der Waals surface area contributed by atoms with Crippen molar-refractivity contribution >= 4 is 46.2 Å². The summed E-state index contributed by atoms with van der Waals surface area (Å²) in [6.07, 6.45) is 0. The van der Waals surface area contributed by atoms with Crippen LogP contribution in [0.1, 0.15) is 22.8 Å². The van der Waals surface area contributed by atoms with E-state index in [1.54, 1.807) is 31.2 Å². The second-order valence-electron chi connectivity index (χ2n) is 4.44. The first-order valence-corrected chi connectivity index (χ1v) is 7.81. The molecule has 114 valence electrons. The van der Waals surface area contributed by atoms with Crippen molar-refractivity contribution in [2.45, 2.75) is 6.92 Å². The summed E-state index contributed by atoms with van der Waals surface area (Å²) in [5.41, 5.74) is 4.18. The van der Waals surface area contributed by atoms with E-state index in [1.807, 2.05) is 0 Å². The first-order chi connectivity index (χ1) is 10.5. The Morgan fingerprint density at radius 2 is 2.05 bits per heavy atom. The summed E-state index contributed by atoms with van der Waals surface area (Å²) in [6.45, 7) is 1.90. The Balaban J connectivity index is 1.74. The highest BCUT2D eigenvalue weighted by Gasteiger charge is 2.16. The lowest BCUT2D eigenvalue weighted by molar-refractivity contribution is 0.0954. The number of benzene rings is 1. The minimum absolute atomic E-state index is 0.162. The minimum Gasteiger partial charge on any atom is -0.454 e. The van der Waals surface area contributed by atoms with Gasteiger partial charge in [0.15, 0.2) is 11.5 Å². The molecule has 1 N–H and O–H groups in total. The zero-order chi connectivity index (χ0) is 15.7. The fraction of sp³-hybridized carbons (Fsp3) is 0.143. The molecule has 8 heteroatoms. The third-order valence-corrected chi connectivity index (χ3v) is 4.49. The first kappa shape index (κ1) is 15.1. The van der Waals surface area contributed by atoms with Gasteiger partial charge in [0, 0.05) is 11.1 Å². The molecule has 2 aromatic rings. The number of amides is 1. The number of hydrazone groups is 1. The molecule has 5 nitrogen and oxygen atoms in total. The van der Waals surface area contributed by atoms with Gasteiger partial charge in [0.05, 0.1) is 10.0 Å². The van der Waals surface area contributed by atoms with Crippen molar-refractivity contribution in [2.24, 2.45) is 5.10 Å². The minimum atomic E-state index is -0.352. The number of rotatable bonds is 3. The number of ether oxygens (including phenoxy) is 2. The lowest BCUT2D eigenvalue weighted by Gasteiger charge is -2.03. The van der Waals surface area contributed by atoms with Crippen molar-refractivity contribution in [2.75, 3.05) is 6.79 Å². The van der Waals surface area contributed by atoms with Gasteiger partial charge >= 0.3 is 0 Å². The summed E-state index contributed by atoms with van der Waals surface area (Å²) in [6, 6.07) is 6.64. The zero-order valence-electron chi connectivity index (χ0n) is 11.4. The third-order valence-electron chi connectivity index (χ3n) is 3.01. The summed E-state index contributed by atoms with van der Waals surface area (Å²) in [5, 5.41) is 4.05. The summed E-state index contributed by atoms with van der Waals surface area (Å²) < 4.78 is 11.5. The number of fused-ring (bicyclic) bond motifs is 1. The van der Waals surface area contributed by atoms with E-state index in [0.717, 1.165) is 0 Å². The predicted molar refractivity (Wildman–Crippen MR) is 86.6 cm³/mol. The highest BCUT2D eigenvalue weighted by Crippen LogP contribution is 2.33. The summed E-state index contributed by atoms with van der Waals surface area (Å²) in [7, 11) is 0. The van der Waals surface area contributed by atoms with Crippen LogP contribution in [0.5, 0.6) is 11.5 Å². The normalized spacial score (nSPS) is 13.3. The van der Waals surface area contributed by atoms with Gasteiger partial charge in [-0.25, -0.2) is 5.43 Å². The van der Waals surface area contributed by atoms with Crippen molar-refractivity contribution in [3.63, 3.8) is 0 Å². The van der Waals surface area contributed by atoms with Gasteiger partial charge in [0.1, 0.15) is 4.34 Å². The maximum Gasteiger partial charge on any atom is 0.271 e. The van der Waals surface area contributed by atoms with Gasteiger partial charge in [0.2, 0.25) is 6.79 Å². The maximum absolute atomic E-state index is 12.1. The molecule has 0 spiro atoms. The topological polar surface area (TPSA) is 59.9 Å². The van der Waals surface area contributed by atoms with Crippen LogP contribution >= 0.6 is 34.5 Å². The molecular formula is C14H10Cl2N2O3S. The van der Waals surface area contributed by atoms with Crippen LogP contribution in [0.15, 0.2) is 29.4 Å². The Morgan fingerprint density at radius 3 is 2.77 bits per heavy atom. The number of nitrogens with zero attached hydrogens (tertiary/aromatic N) is 1. The molecule has 1 aromatic carbocycles. The molecule has 2 heterocycles. The Kier molecular flexibility index (Phi) is 4.24. The molecule has 3 rings (SSSR count). The zero-order valence-corrected chi connectivity index (χ0v) is 13.7. The number of carbonyl (C=O) groups excluding carboxylic acids is 1. The van der Waals surface area contributed by atoms with Gasteiger partial charge in [-0.3, -0.25) is 4.79 Å². The summed E-state index contributed by atoms with van der Waals surface area (Å²) >= 11 is 13.2. The molecule has 1 amide bonds. The number of nitrogens with one attached hydrogen (secondary N) is 1. The SMILES string of the molecule is CC(=NNC(=O)c1ccc2c(c1)OCO2)c1cc(Cl)sc1Cl. The van der Waals surface area contributed by atoms with Crippen LogP contribution in [-0.2, 0) is 0 Å². The van der Waals surface area contributed by atoms with Crippen molar-refractivity contribution in [1.82, 2.24) is 5.43 Å². The van der Waals surface area contributed by atoms with E-state index in [2.05, 4.69) is 10.5 Å². The molecule has 0 saturated heterocycles. The van der Waals surface area contributed by atoms with Gasteiger partial charge < -0.3 is 9.47 Å². The van der Waals surface area contributed by atoms with Crippen molar-refractivity contribution in [3.05, 3.63) is 44.1 Å². The van der Waals surface area contributed by atoms with Crippen molar-refractivity contribution in [1.29, 1.82) is 0 Å². The van der Waals surface area contributed by atoms with Crippen LogP contribution < -0.4 is 14.9 Å². The van der Waals surface area contributed by atoms with Gasteiger partial charge in [-0.1, -0.05) is 23.2 Å². The van der Waals surface area contributed by atoms with E-state index in [4.69, 9.17) is 32.7 Å². The first-order valence-electron chi connectivity index (χ1n) is 6.24. The molecule has 22 heavy (non-hydrogen) atoms. The maximum atomic E-state index is 12.1. The fourth-order valence-corrected chi connectivity index (χ4v) is 3.45. The molecule has 1 aliphatic rings. The van der Waals surface area contributed by atoms with E-state index >= 15 is 0 Å². The highest BCUT2D eigenvalue weighted by molar-refractivity contribution is 7.20. The van der Waals surface area contributed by atoms with Crippen LogP contribution in [0.4, 0.5) is 0 Å². The lowest BCUT2D eigenvalue weighted by atomic mass is 10.2. The standard InChI is InChI=1S/C14H10Cl2N2O3S/c1-7(9-5-12(15)22-13(9)16)17-18-14(19)8-2-3-10-11(4-8)21-6-20-10/h2-5H,6H2,1H3,(H,18,19). The van der Waals surface area contributed by atoms with Gasteiger partial charge in [0.25, 0.3) is 5.91 Å². The molecule has 0 saturated carbocycles. The Hall–Kier alpha value is -1.76. The molecule has 0 radical (unpaired) electrons. The van der Waals surface area contributed by atoms with E-state index in [9.17, 15) is 4.79 Å². The van der Waals surface area contributed by atoms with Crippen LogP contribution in [0, 0.1) is 0 Å². The van der Waals surface area contributed by atoms with E-state index < -0.39 is 0 Å². The fourth-order valence-electron chi connectivity index (χ4n) is 1.88. The monoisotopic (exact) mass is 356 g/mol. The number of hydrogen-bond acceptors (Lipinski definition) is 5. The van der Waals surface area contributed by atoms with Crippen molar-refractivity contribution in [3.8, 4) is 11.5 Å². The number of halogens is 2. The van der Waals surface area contributed by atoms with E-state index in [1.165, 1.54) is 11.3 Å². The van der Waals surface area contributed by atoms with Crippen LogP contribution in [-0.4, -0.2) is 18.4 Å². The van der Waals surface area contributed by atoms with Gasteiger partial charge in [-0.05, 0) is 31.2 Å². The lowest BCUT2D eigenvalue weighted by Crippen LogP contribution is -2.19. The Labute approximate surface area is 140 Å². The largest absolute Gasteiger partial charge is 0.454 e. The smallest absolute Gasteiger partial charge is 0.271 e. The van der Waals surface area contributed by atoms with Gasteiger partial charge in [-0.15, -0.1) is 11.3 Å². The average molecular weight is 357 g/mol. The van der Waals surface area contributed by atoms with E-state index in [0.29, 0.717) is 37.0 Å². The third kappa shape index (κ3) is 3.04. The average Bonchev–Trinajstić information content (AvgIpc) is 3.09. The number of hydrogen-bond donors (Lipinski definition) is 1. The summed E-state index contributed by atoms with van der Waals surface area (Å²) in [4.78, 5) is 12.1. The molecule has 1 aromatic heterocycles. The molecular weight excluding hydrogens is 347 g/mol. The Bertz CT molecular complexity index is 773. The van der Waals surface area contributed by atoms with Crippen LogP contribution in [0.2, 0.25) is 8.67 Å².